The third-order valence-corrected chi connectivity index (χ3v) is 3.77. The van der Waals surface area contributed by atoms with E-state index in [0.29, 0.717) is 39.3 Å². The van der Waals surface area contributed by atoms with Crippen molar-refractivity contribution in [3.8, 4) is 23.0 Å². The highest BCUT2D eigenvalue weighted by Gasteiger charge is 2.12. The van der Waals surface area contributed by atoms with Gasteiger partial charge in [0.25, 0.3) is 0 Å². The minimum Gasteiger partial charge on any atom is -0.495 e. The van der Waals surface area contributed by atoms with E-state index in [0.717, 1.165) is 0 Å². The number of nitrogens with one attached hydrogen (secondary N) is 1. The summed E-state index contributed by atoms with van der Waals surface area (Å²) < 4.78 is 21.1. The first kappa shape index (κ1) is 19.5. The molecular weight excluding hydrogens is 358 g/mol. The van der Waals surface area contributed by atoms with E-state index in [-0.39, 0.29) is 5.91 Å². The van der Waals surface area contributed by atoms with Crippen LogP contribution in [0.1, 0.15) is 5.56 Å². The average molecular weight is 378 g/mol. The molecule has 0 radical (unpaired) electrons. The maximum Gasteiger partial charge on any atom is 0.248 e. The number of halogens is 1. The molecular formula is C19H20ClNO5. The van der Waals surface area contributed by atoms with E-state index in [9.17, 15) is 4.79 Å². The van der Waals surface area contributed by atoms with Crippen LogP contribution in [0.5, 0.6) is 23.0 Å². The predicted octanol–water partition coefficient (Wildman–Crippen LogP) is 4.03. The summed E-state index contributed by atoms with van der Waals surface area (Å²) in [6.45, 7) is 0. The summed E-state index contributed by atoms with van der Waals surface area (Å²) in [5, 5.41) is 3.23. The standard InChI is InChI=1S/C19H20ClNO5/c1-23-15-7-6-13(20)11-14(15)21-18(22)8-5-12-9-16(24-2)19(26-4)17(10-12)25-3/h5-11H,1-4H3,(H,21,22). The van der Waals surface area contributed by atoms with E-state index < -0.39 is 0 Å². The Hall–Kier alpha value is -2.86. The van der Waals surface area contributed by atoms with Crippen molar-refractivity contribution >= 4 is 29.3 Å². The zero-order valence-electron chi connectivity index (χ0n) is 15.0. The van der Waals surface area contributed by atoms with Gasteiger partial charge in [-0.2, -0.15) is 0 Å². The van der Waals surface area contributed by atoms with Crippen molar-refractivity contribution in [1.29, 1.82) is 0 Å². The summed E-state index contributed by atoms with van der Waals surface area (Å²) in [5.41, 5.74) is 1.20. The Kier molecular flexibility index (Phi) is 6.74. The second-order valence-corrected chi connectivity index (χ2v) is 5.56. The summed E-state index contributed by atoms with van der Waals surface area (Å²) in [6.07, 6.45) is 3.03. The number of hydrogen-bond donors (Lipinski definition) is 1. The lowest BCUT2D eigenvalue weighted by Gasteiger charge is -2.13. The van der Waals surface area contributed by atoms with Gasteiger partial charge in [-0.25, -0.2) is 0 Å². The van der Waals surface area contributed by atoms with Crippen molar-refractivity contribution in [3.63, 3.8) is 0 Å². The zero-order valence-corrected chi connectivity index (χ0v) is 15.7. The molecule has 0 spiro atoms. The molecule has 2 aromatic carbocycles. The molecule has 7 heteroatoms. The maximum absolute atomic E-state index is 12.2. The van der Waals surface area contributed by atoms with E-state index >= 15 is 0 Å². The summed E-state index contributed by atoms with van der Waals surface area (Å²) in [4.78, 5) is 12.2. The van der Waals surface area contributed by atoms with E-state index in [1.165, 1.54) is 34.5 Å². The van der Waals surface area contributed by atoms with Gasteiger partial charge in [0.05, 0.1) is 34.1 Å². The molecule has 0 saturated heterocycles. The first-order chi connectivity index (χ1) is 12.5. The number of anilines is 1. The highest BCUT2D eigenvalue weighted by molar-refractivity contribution is 6.31. The molecule has 0 atom stereocenters. The molecule has 0 aliphatic rings. The summed E-state index contributed by atoms with van der Waals surface area (Å²) >= 11 is 5.96. The Bertz CT molecular complexity index is 795. The van der Waals surface area contributed by atoms with Gasteiger partial charge in [-0.05, 0) is 42.0 Å². The minimum atomic E-state index is -0.334. The summed E-state index contributed by atoms with van der Waals surface area (Å²) in [7, 11) is 6.11. The molecule has 138 valence electrons. The van der Waals surface area contributed by atoms with Gasteiger partial charge in [-0.15, -0.1) is 0 Å². The van der Waals surface area contributed by atoms with Crippen molar-refractivity contribution < 1.29 is 23.7 Å². The van der Waals surface area contributed by atoms with Crippen LogP contribution in [-0.4, -0.2) is 34.3 Å². The Morgan fingerprint density at radius 3 is 2.08 bits per heavy atom. The number of carbonyl (C=O) groups is 1. The molecule has 26 heavy (non-hydrogen) atoms. The van der Waals surface area contributed by atoms with Gasteiger partial charge in [0, 0.05) is 11.1 Å². The highest BCUT2D eigenvalue weighted by Crippen LogP contribution is 2.38. The monoisotopic (exact) mass is 377 g/mol. The van der Waals surface area contributed by atoms with Gasteiger partial charge in [-0.1, -0.05) is 11.6 Å². The van der Waals surface area contributed by atoms with Crippen LogP contribution >= 0.6 is 11.6 Å². The van der Waals surface area contributed by atoms with Crippen molar-refractivity contribution in [2.45, 2.75) is 0 Å². The Balaban J connectivity index is 2.22. The molecule has 0 unspecified atom stereocenters. The van der Waals surface area contributed by atoms with E-state index in [1.54, 1.807) is 36.4 Å². The van der Waals surface area contributed by atoms with Crippen LogP contribution in [0.4, 0.5) is 5.69 Å². The maximum atomic E-state index is 12.2. The average Bonchev–Trinajstić information content (AvgIpc) is 2.65. The van der Waals surface area contributed by atoms with Crippen molar-refractivity contribution in [1.82, 2.24) is 0 Å². The molecule has 1 N–H and O–H groups in total. The third-order valence-electron chi connectivity index (χ3n) is 3.53. The Morgan fingerprint density at radius 2 is 1.54 bits per heavy atom. The number of rotatable bonds is 7. The Morgan fingerprint density at radius 1 is 0.923 bits per heavy atom. The summed E-state index contributed by atoms with van der Waals surface area (Å²) in [6, 6.07) is 8.46. The van der Waals surface area contributed by atoms with Gasteiger partial charge < -0.3 is 24.3 Å². The summed E-state index contributed by atoms with van der Waals surface area (Å²) in [5.74, 6) is 1.68. The van der Waals surface area contributed by atoms with Crippen LogP contribution in [0.3, 0.4) is 0 Å². The minimum absolute atomic E-state index is 0.334. The number of hydrogen-bond acceptors (Lipinski definition) is 5. The molecule has 0 aliphatic heterocycles. The van der Waals surface area contributed by atoms with Crippen LogP contribution < -0.4 is 24.3 Å². The number of carbonyl (C=O) groups excluding carboxylic acids is 1. The molecule has 0 aliphatic carbocycles. The normalized spacial score (nSPS) is 10.5. The number of ether oxygens (including phenoxy) is 4. The number of methoxy groups -OCH3 is 4. The molecule has 1 amide bonds. The van der Waals surface area contributed by atoms with Gasteiger partial charge in [0.2, 0.25) is 11.7 Å². The molecule has 0 bridgehead atoms. The van der Waals surface area contributed by atoms with Crippen molar-refractivity contribution in [2.24, 2.45) is 0 Å². The lowest BCUT2D eigenvalue weighted by molar-refractivity contribution is -0.111. The van der Waals surface area contributed by atoms with Gasteiger partial charge in [0.15, 0.2) is 11.5 Å². The number of benzene rings is 2. The molecule has 0 fully saturated rings. The SMILES string of the molecule is COc1ccc(Cl)cc1NC(=O)C=Cc1cc(OC)c(OC)c(OC)c1. The fourth-order valence-electron chi connectivity index (χ4n) is 2.32. The van der Waals surface area contributed by atoms with Crippen LogP contribution in [0.25, 0.3) is 6.08 Å². The van der Waals surface area contributed by atoms with Gasteiger partial charge >= 0.3 is 0 Å². The fourth-order valence-corrected chi connectivity index (χ4v) is 2.49. The second-order valence-electron chi connectivity index (χ2n) is 5.13. The van der Waals surface area contributed by atoms with E-state index in [1.807, 2.05) is 0 Å². The van der Waals surface area contributed by atoms with Crippen LogP contribution in [0, 0.1) is 0 Å². The van der Waals surface area contributed by atoms with E-state index in [4.69, 9.17) is 30.5 Å². The first-order valence-corrected chi connectivity index (χ1v) is 8.02. The third kappa shape index (κ3) is 4.61. The van der Waals surface area contributed by atoms with Gasteiger partial charge in [0.1, 0.15) is 5.75 Å². The smallest absolute Gasteiger partial charge is 0.248 e. The highest BCUT2D eigenvalue weighted by atomic mass is 35.5. The largest absolute Gasteiger partial charge is 0.495 e. The van der Waals surface area contributed by atoms with Crippen molar-refractivity contribution in [3.05, 3.63) is 47.0 Å². The topological polar surface area (TPSA) is 66.0 Å². The number of amides is 1. The lowest BCUT2D eigenvalue weighted by Crippen LogP contribution is -2.08. The second kappa shape index (κ2) is 9.01. The van der Waals surface area contributed by atoms with Gasteiger partial charge in [-0.3, -0.25) is 4.79 Å². The molecule has 6 nitrogen and oxygen atoms in total. The molecule has 2 rings (SSSR count). The quantitative estimate of drug-likeness (QED) is 0.738. The van der Waals surface area contributed by atoms with Crippen LogP contribution in [0.2, 0.25) is 5.02 Å². The predicted molar refractivity (Wildman–Crippen MR) is 102 cm³/mol. The Labute approximate surface area is 157 Å². The first-order valence-electron chi connectivity index (χ1n) is 7.65. The van der Waals surface area contributed by atoms with Crippen LogP contribution in [0.15, 0.2) is 36.4 Å². The lowest BCUT2D eigenvalue weighted by atomic mass is 10.1. The van der Waals surface area contributed by atoms with Crippen molar-refractivity contribution in [2.75, 3.05) is 33.8 Å². The fraction of sp³-hybridized carbons (Fsp3) is 0.211. The van der Waals surface area contributed by atoms with E-state index in [2.05, 4.69) is 5.32 Å². The molecule has 0 heterocycles. The molecule has 0 aromatic heterocycles. The van der Waals surface area contributed by atoms with Crippen LogP contribution in [-0.2, 0) is 4.79 Å². The zero-order chi connectivity index (χ0) is 19.1. The molecule has 2 aromatic rings. The molecule has 0 saturated carbocycles.